The molecule has 4 N–H and O–H groups in total. The van der Waals surface area contributed by atoms with E-state index in [1.54, 1.807) is 0 Å². The summed E-state index contributed by atoms with van der Waals surface area (Å²) in [5.74, 6) is -3.29. The van der Waals surface area contributed by atoms with E-state index in [0.717, 1.165) is 4.90 Å². The Morgan fingerprint density at radius 1 is 1.00 bits per heavy atom. The number of carboxylic acid groups (broad SMARTS) is 2. The molecule has 0 heterocycles. The maximum atomic E-state index is 11.4. The molecule has 0 rings (SSSR count). The molecule has 0 fully saturated rings. The molecule has 0 atom stereocenters. The average molecular weight is 275 g/mol. The summed E-state index contributed by atoms with van der Waals surface area (Å²) in [6.45, 7) is 0.543. The summed E-state index contributed by atoms with van der Waals surface area (Å²) < 4.78 is 0. The average Bonchev–Trinajstić information content (AvgIpc) is 2.23. The van der Waals surface area contributed by atoms with Crippen molar-refractivity contribution in [2.24, 2.45) is 0 Å². The molecule has 0 aliphatic heterocycles. The first-order chi connectivity index (χ1) is 8.85. The van der Waals surface area contributed by atoms with Gasteiger partial charge in [-0.1, -0.05) is 6.92 Å². The van der Waals surface area contributed by atoms with E-state index in [4.69, 9.17) is 10.2 Å². The van der Waals surface area contributed by atoms with E-state index >= 15 is 0 Å². The SMILES string of the molecule is CCCNC(=O)NC(=O)CN(CC(=O)O)CC(=O)O. The highest BCUT2D eigenvalue weighted by Gasteiger charge is 2.18. The first-order valence-electron chi connectivity index (χ1n) is 5.58. The van der Waals surface area contributed by atoms with Crippen molar-refractivity contribution < 1.29 is 29.4 Å². The zero-order chi connectivity index (χ0) is 14.8. The van der Waals surface area contributed by atoms with Crippen molar-refractivity contribution in [3.8, 4) is 0 Å². The van der Waals surface area contributed by atoms with Crippen molar-refractivity contribution in [2.45, 2.75) is 13.3 Å². The predicted octanol–water partition coefficient (Wildman–Crippen LogP) is -1.31. The van der Waals surface area contributed by atoms with Crippen LogP contribution in [0.5, 0.6) is 0 Å². The van der Waals surface area contributed by atoms with Crippen LogP contribution in [0.4, 0.5) is 4.79 Å². The van der Waals surface area contributed by atoms with Crippen LogP contribution in [0.1, 0.15) is 13.3 Å². The van der Waals surface area contributed by atoms with Gasteiger partial charge in [-0.15, -0.1) is 0 Å². The van der Waals surface area contributed by atoms with Crippen LogP contribution in [-0.4, -0.2) is 65.2 Å². The van der Waals surface area contributed by atoms with E-state index in [9.17, 15) is 19.2 Å². The van der Waals surface area contributed by atoms with Crippen molar-refractivity contribution in [3.63, 3.8) is 0 Å². The third-order valence-corrected chi connectivity index (χ3v) is 1.87. The van der Waals surface area contributed by atoms with Crippen LogP contribution in [0.2, 0.25) is 0 Å². The Morgan fingerprint density at radius 2 is 1.53 bits per heavy atom. The fraction of sp³-hybridized carbons (Fsp3) is 0.600. The number of aliphatic carboxylic acids is 2. The fourth-order valence-electron chi connectivity index (χ4n) is 1.20. The number of carbonyl (C=O) groups is 4. The van der Waals surface area contributed by atoms with Gasteiger partial charge in [0.2, 0.25) is 5.91 Å². The number of imide groups is 1. The Bertz CT molecular complexity index is 341. The van der Waals surface area contributed by atoms with Crippen LogP contribution in [-0.2, 0) is 14.4 Å². The molecular formula is C10H17N3O6. The minimum absolute atomic E-state index is 0.396. The topological polar surface area (TPSA) is 136 Å². The van der Waals surface area contributed by atoms with E-state index in [1.807, 2.05) is 12.2 Å². The van der Waals surface area contributed by atoms with Gasteiger partial charge in [-0.25, -0.2) is 4.79 Å². The molecule has 0 saturated heterocycles. The van der Waals surface area contributed by atoms with Gasteiger partial charge in [0.15, 0.2) is 0 Å². The van der Waals surface area contributed by atoms with E-state index in [1.165, 1.54) is 0 Å². The normalized spacial score (nSPS) is 10.0. The molecule has 0 radical (unpaired) electrons. The number of hydrogen-bond acceptors (Lipinski definition) is 5. The summed E-state index contributed by atoms with van der Waals surface area (Å²) in [5.41, 5.74) is 0. The minimum atomic E-state index is -1.26. The van der Waals surface area contributed by atoms with Crippen molar-refractivity contribution in [3.05, 3.63) is 0 Å². The second-order valence-electron chi connectivity index (χ2n) is 3.74. The zero-order valence-electron chi connectivity index (χ0n) is 10.5. The van der Waals surface area contributed by atoms with E-state index in [0.29, 0.717) is 13.0 Å². The predicted molar refractivity (Wildman–Crippen MR) is 63.5 cm³/mol. The number of carbonyl (C=O) groups excluding carboxylic acids is 2. The van der Waals surface area contributed by atoms with Gasteiger partial charge in [0.25, 0.3) is 0 Å². The number of nitrogens with one attached hydrogen (secondary N) is 2. The van der Waals surface area contributed by atoms with Gasteiger partial charge in [0, 0.05) is 6.54 Å². The Balaban J connectivity index is 4.25. The summed E-state index contributed by atoms with van der Waals surface area (Å²) >= 11 is 0. The lowest BCUT2D eigenvalue weighted by molar-refractivity contribution is -0.142. The molecule has 0 aliphatic carbocycles. The molecule has 0 spiro atoms. The second kappa shape index (κ2) is 8.86. The van der Waals surface area contributed by atoms with Crippen molar-refractivity contribution in [1.29, 1.82) is 0 Å². The standard InChI is InChI=1S/C10H17N3O6/c1-2-3-11-10(19)12-7(14)4-13(5-8(15)16)6-9(17)18/h2-6H2,1H3,(H,15,16)(H,17,18)(H2,11,12,14,19). The maximum absolute atomic E-state index is 11.4. The van der Waals surface area contributed by atoms with Crippen LogP contribution in [0.15, 0.2) is 0 Å². The van der Waals surface area contributed by atoms with Gasteiger partial charge in [0.05, 0.1) is 19.6 Å². The summed E-state index contributed by atoms with van der Waals surface area (Å²) in [7, 11) is 0. The number of rotatable bonds is 8. The molecule has 0 bridgehead atoms. The fourth-order valence-corrected chi connectivity index (χ4v) is 1.20. The highest BCUT2D eigenvalue weighted by molar-refractivity contribution is 5.95. The first-order valence-corrected chi connectivity index (χ1v) is 5.58. The monoisotopic (exact) mass is 275 g/mol. The van der Waals surface area contributed by atoms with Crippen LogP contribution in [0.25, 0.3) is 0 Å². The lowest BCUT2D eigenvalue weighted by Crippen LogP contribution is -2.46. The third-order valence-electron chi connectivity index (χ3n) is 1.87. The molecule has 3 amide bonds. The van der Waals surface area contributed by atoms with Crippen molar-refractivity contribution in [2.75, 3.05) is 26.2 Å². The Morgan fingerprint density at radius 3 is 1.95 bits per heavy atom. The van der Waals surface area contributed by atoms with Gasteiger partial charge in [-0.05, 0) is 6.42 Å². The molecule has 0 aromatic heterocycles. The summed E-state index contributed by atoms with van der Waals surface area (Å²) in [6, 6.07) is -0.697. The molecule has 0 saturated carbocycles. The molecule has 0 unspecified atom stereocenters. The zero-order valence-corrected chi connectivity index (χ0v) is 10.5. The van der Waals surface area contributed by atoms with E-state index in [-0.39, 0.29) is 0 Å². The van der Waals surface area contributed by atoms with Crippen LogP contribution < -0.4 is 10.6 Å². The van der Waals surface area contributed by atoms with Gasteiger partial charge in [-0.3, -0.25) is 24.6 Å². The highest BCUT2D eigenvalue weighted by atomic mass is 16.4. The van der Waals surface area contributed by atoms with Gasteiger partial charge in [-0.2, -0.15) is 0 Å². The molecular weight excluding hydrogens is 258 g/mol. The number of nitrogens with zero attached hydrogens (tertiary/aromatic N) is 1. The lowest BCUT2D eigenvalue weighted by Gasteiger charge is -2.16. The van der Waals surface area contributed by atoms with Gasteiger partial charge < -0.3 is 15.5 Å². The third kappa shape index (κ3) is 9.53. The second-order valence-corrected chi connectivity index (χ2v) is 3.74. The molecule has 0 aromatic carbocycles. The first kappa shape index (κ1) is 16.8. The number of hydrogen-bond donors (Lipinski definition) is 4. The quantitative estimate of drug-likeness (QED) is 0.432. The molecule has 108 valence electrons. The van der Waals surface area contributed by atoms with E-state index in [2.05, 4.69) is 5.32 Å². The molecule has 9 nitrogen and oxygen atoms in total. The Kier molecular flexibility index (Phi) is 7.85. The summed E-state index contributed by atoms with van der Waals surface area (Å²) in [6.07, 6.45) is 0.700. The van der Waals surface area contributed by atoms with Crippen LogP contribution in [0, 0.1) is 0 Å². The number of amides is 3. The summed E-state index contributed by atoms with van der Waals surface area (Å²) in [4.78, 5) is 44.4. The molecule has 0 aliphatic rings. The minimum Gasteiger partial charge on any atom is -0.480 e. The molecule has 0 aromatic rings. The van der Waals surface area contributed by atoms with E-state index < -0.39 is 43.5 Å². The highest BCUT2D eigenvalue weighted by Crippen LogP contribution is 1.88. The van der Waals surface area contributed by atoms with Crippen molar-refractivity contribution >= 4 is 23.9 Å². The number of urea groups is 1. The maximum Gasteiger partial charge on any atom is 0.321 e. The lowest BCUT2D eigenvalue weighted by atomic mass is 10.4. The Labute approximate surface area is 109 Å². The van der Waals surface area contributed by atoms with Crippen LogP contribution in [0.3, 0.4) is 0 Å². The Hall–Kier alpha value is -2.16. The molecule has 19 heavy (non-hydrogen) atoms. The van der Waals surface area contributed by atoms with Crippen molar-refractivity contribution in [1.82, 2.24) is 15.5 Å². The smallest absolute Gasteiger partial charge is 0.321 e. The number of carboxylic acids is 2. The molecule has 9 heteroatoms. The largest absolute Gasteiger partial charge is 0.480 e. The van der Waals surface area contributed by atoms with Gasteiger partial charge in [0.1, 0.15) is 0 Å². The van der Waals surface area contributed by atoms with Gasteiger partial charge >= 0.3 is 18.0 Å². The van der Waals surface area contributed by atoms with Crippen LogP contribution >= 0.6 is 0 Å². The summed E-state index contributed by atoms with van der Waals surface area (Å²) in [5, 5.41) is 21.5.